The maximum Gasteiger partial charge on any atom is 0.317 e. The highest BCUT2D eigenvalue weighted by Gasteiger charge is 2.38. The first-order valence-corrected chi connectivity index (χ1v) is 7.95. The van der Waals surface area contributed by atoms with Crippen LogP contribution in [0.1, 0.15) is 30.7 Å². The standard InChI is InChI=1S/C17H22N2O3/c20-16(21)13-7-4-8-19(11-13)17(22)18-10-14-9-15(14)12-5-2-1-3-6-12/h1-3,5-6,13-15H,4,7-11H2,(H,18,22)(H,20,21)/t13?,14-,15-/m0/s1. The summed E-state index contributed by atoms with van der Waals surface area (Å²) in [5, 5.41) is 12.0. The Hall–Kier alpha value is -2.04. The van der Waals surface area contributed by atoms with Gasteiger partial charge in [-0.2, -0.15) is 0 Å². The van der Waals surface area contributed by atoms with E-state index in [1.54, 1.807) is 4.90 Å². The molecule has 1 saturated heterocycles. The Morgan fingerprint density at radius 1 is 1.27 bits per heavy atom. The van der Waals surface area contributed by atoms with E-state index in [1.807, 2.05) is 18.2 Å². The summed E-state index contributed by atoms with van der Waals surface area (Å²) < 4.78 is 0. The lowest BCUT2D eigenvalue weighted by Crippen LogP contribution is -2.47. The third-order valence-corrected chi connectivity index (χ3v) is 4.72. The van der Waals surface area contributed by atoms with Gasteiger partial charge in [0, 0.05) is 19.6 Å². The summed E-state index contributed by atoms with van der Waals surface area (Å²) in [5.74, 6) is -0.164. The number of carbonyl (C=O) groups is 2. The smallest absolute Gasteiger partial charge is 0.317 e. The number of benzene rings is 1. The quantitative estimate of drug-likeness (QED) is 0.896. The molecular weight excluding hydrogens is 280 g/mol. The van der Waals surface area contributed by atoms with E-state index in [0.29, 0.717) is 37.9 Å². The van der Waals surface area contributed by atoms with Gasteiger partial charge in [-0.15, -0.1) is 0 Å². The van der Waals surface area contributed by atoms with Crippen molar-refractivity contribution in [3.05, 3.63) is 35.9 Å². The van der Waals surface area contributed by atoms with Crippen LogP contribution in [0.4, 0.5) is 4.79 Å². The minimum absolute atomic E-state index is 0.121. The maximum atomic E-state index is 12.2. The first-order valence-electron chi connectivity index (χ1n) is 7.95. The van der Waals surface area contributed by atoms with Gasteiger partial charge in [0.1, 0.15) is 0 Å². The number of piperidine rings is 1. The van der Waals surface area contributed by atoms with Crippen molar-refractivity contribution in [2.24, 2.45) is 11.8 Å². The Balaban J connectivity index is 1.44. The first kappa shape index (κ1) is 14.9. The molecule has 0 aromatic heterocycles. The van der Waals surface area contributed by atoms with E-state index in [0.717, 1.165) is 12.8 Å². The number of carboxylic acids is 1. The highest BCUT2D eigenvalue weighted by Crippen LogP contribution is 2.46. The number of carbonyl (C=O) groups excluding carboxylic acids is 1. The van der Waals surface area contributed by atoms with Gasteiger partial charge in [-0.1, -0.05) is 30.3 Å². The maximum absolute atomic E-state index is 12.2. The number of aliphatic carboxylic acids is 1. The number of urea groups is 1. The highest BCUT2D eigenvalue weighted by molar-refractivity contribution is 5.76. The third-order valence-electron chi connectivity index (χ3n) is 4.72. The lowest BCUT2D eigenvalue weighted by atomic mass is 9.99. The van der Waals surface area contributed by atoms with Gasteiger partial charge in [-0.25, -0.2) is 4.79 Å². The molecule has 1 unspecified atom stereocenters. The topological polar surface area (TPSA) is 69.6 Å². The summed E-state index contributed by atoms with van der Waals surface area (Å²) in [7, 11) is 0. The van der Waals surface area contributed by atoms with Gasteiger partial charge in [0.2, 0.25) is 0 Å². The van der Waals surface area contributed by atoms with E-state index < -0.39 is 11.9 Å². The Labute approximate surface area is 130 Å². The molecule has 0 spiro atoms. The average molecular weight is 302 g/mol. The van der Waals surface area contributed by atoms with Crippen molar-refractivity contribution in [3.63, 3.8) is 0 Å². The van der Waals surface area contributed by atoms with Crippen molar-refractivity contribution >= 4 is 12.0 Å². The number of hydrogen-bond donors (Lipinski definition) is 2. The monoisotopic (exact) mass is 302 g/mol. The van der Waals surface area contributed by atoms with Crippen LogP contribution >= 0.6 is 0 Å². The summed E-state index contributed by atoms with van der Waals surface area (Å²) in [6.07, 6.45) is 2.54. The Kier molecular flexibility index (Phi) is 4.32. The summed E-state index contributed by atoms with van der Waals surface area (Å²) >= 11 is 0. The van der Waals surface area contributed by atoms with Crippen LogP contribution in [0, 0.1) is 11.8 Å². The molecule has 5 nitrogen and oxygen atoms in total. The first-order chi connectivity index (χ1) is 10.6. The predicted molar refractivity (Wildman–Crippen MR) is 82.6 cm³/mol. The van der Waals surface area contributed by atoms with Gasteiger partial charge < -0.3 is 15.3 Å². The van der Waals surface area contributed by atoms with E-state index in [4.69, 9.17) is 5.11 Å². The molecule has 2 aliphatic rings. The van der Waals surface area contributed by atoms with Gasteiger partial charge in [-0.3, -0.25) is 4.79 Å². The van der Waals surface area contributed by atoms with E-state index in [1.165, 1.54) is 5.56 Å². The number of nitrogens with zero attached hydrogens (tertiary/aromatic N) is 1. The molecule has 2 amide bonds. The van der Waals surface area contributed by atoms with Crippen LogP contribution in [0.3, 0.4) is 0 Å². The molecule has 2 fully saturated rings. The second-order valence-electron chi connectivity index (χ2n) is 6.32. The number of carboxylic acid groups (broad SMARTS) is 1. The predicted octanol–water partition coefficient (Wildman–Crippen LogP) is 2.30. The van der Waals surface area contributed by atoms with Crippen LogP contribution < -0.4 is 5.32 Å². The van der Waals surface area contributed by atoms with Crippen LogP contribution in [-0.2, 0) is 4.79 Å². The molecule has 0 bridgehead atoms. The molecule has 1 heterocycles. The highest BCUT2D eigenvalue weighted by atomic mass is 16.4. The van der Waals surface area contributed by atoms with E-state index in [9.17, 15) is 9.59 Å². The van der Waals surface area contributed by atoms with E-state index in [2.05, 4.69) is 17.4 Å². The SMILES string of the molecule is O=C(O)C1CCCN(C(=O)NC[C@@H]2C[C@H]2c2ccccc2)C1. The Morgan fingerprint density at radius 3 is 2.77 bits per heavy atom. The minimum atomic E-state index is -0.802. The zero-order valence-corrected chi connectivity index (χ0v) is 12.6. The molecule has 2 N–H and O–H groups in total. The second kappa shape index (κ2) is 6.38. The molecule has 1 aliphatic heterocycles. The van der Waals surface area contributed by atoms with Crippen molar-refractivity contribution < 1.29 is 14.7 Å². The lowest BCUT2D eigenvalue weighted by Gasteiger charge is -2.30. The van der Waals surface area contributed by atoms with Gasteiger partial charge in [0.15, 0.2) is 0 Å². The third kappa shape index (κ3) is 3.40. The van der Waals surface area contributed by atoms with Crippen LogP contribution in [0.15, 0.2) is 30.3 Å². The number of likely N-dealkylation sites (tertiary alicyclic amines) is 1. The van der Waals surface area contributed by atoms with E-state index in [-0.39, 0.29) is 6.03 Å². The fourth-order valence-electron chi connectivity index (χ4n) is 3.28. The molecule has 1 aliphatic carbocycles. The number of amides is 2. The Bertz CT molecular complexity index is 546. The average Bonchev–Trinajstić information content (AvgIpc) is 3.33. The van der Waals surface area contributed by atoms with Crippen molar-refractivity contribution in [2.45, 2.75) is 25.2 Å². The second-order valence-corrected chi connectivity index (χ2v) is 6.32. The van der Waals surface area contributed by atoms with Crippen LogP contribution in [0.25, 0.3) is 0 Å². The molecule has 1 aromatic carbocycles. The fraction of sp³-hybridized carbons (Fsp3) is 0.529. The summed E-state index contributed by atoms with van der Waals surface area (Å²) in [5.41, 5.74) is 1.34. The van der Waals surface area contributed by atoms with Crippen LogP contribution in [-0.4, -0.2) is 41.6 Å². The molecular formula is C17H22N2O3. The summed E-state index contributed by atoms with van der Waals surface area (Å²) in [6, 6.07) is 10.2. The molecule has 22 heavy (non-hydrogen) atoms. The van der Waals surface area contributed by atoms with Crippen molar-refractivity contribution in [1.29, 1.82) is 0 Å². The minimum Gasteiger partial charge on any atom is -0.481 e. The fourth-order valence-corrected chi connectivity index (χ4v) is 3.28. The van der Waals surface area contributed by atoms with Crippen molar-refractivity contribution in [2.75, 3.05) is 19.6 Å². The molecule has 0 radical (unpaired) electrons. The largest absolute Gasteiger partial charge is 0.481 e. The summed E-state index contributed by atoms with van der Waals surface area (Å²) in [6.45, 7) is 1.66. The van der Waals surface area contributed by atoms with Gasteiger partial charge in [-0.05, 0) is 36.7 Å². The zero-order chi connectivity index (χ0) is 15.5. The Morgan fingerprint density at radius 2 is 2.05 bits per heavy atom. The van der Waals surface area contributed by atoms with Crippen molar-refractivity contribution in [1.82, 2.24) is 10.2 Å². The molecule has 5 heteroatoms. The summed E-state index contributed by atoms with van der Waals surface area (Å²) in [4.78, 5) is 24.8. The van der Waals surface area contributed by atoms with Crippen LogP contribution in [0.5, 0.6) is 0 Å². The van der Waals surface area contributed by atoms with Crippen LogP contribution in [0.2, 0.25) is 0 Å². The zero-order valence-electron chi connectivity index (χ0n) is 12.6. The van der Waals surface area contributed by atoms with Crippen molar-refractivity contribution in [3.8, 4) is 0 Å². The number of nitrogens with one attached hydrogen (secondary N) is 1. The van der Waals surface area contributed by atoms with E-state index >= 15 is 0 Å². The molecule has 118 valence electrons. The van der Waals surface area contributed by atoms with Gasteiger partial charge in [0.05, 0.1) is 5.92 Å². The normalized spacial score (nSPS) is 27.3. The number of hydrogen-bond acceptors (Lipinski definition) is 2. The van der Waals surface area contributed by atoms with Gasteiger partial charge >= 0.3 is 12.0 Å². The molecule has 3 atom stereocenters. The molecule has 3 rings (SSSR count). The lowest BCUT2D eigenvalue weighted by molar-refractivity contribution is -0.143. The number of rotatable bonds is 4. The molecule has 1 aromatic rings. The van der Waals surface area contributed by atoms with Gasteiger partial charge in [0.25, 0.3) is 0 Å². The molecule has 1 saturated carbocycles.